The molecule has 0 spiro atoms. The molecule has 23 heavy (non-hydrogen) atoms. The molecule has 0 radical (unpaired) electrons. The van der Waals surface area contributed by atoms with Crippen molar-refractivity contribution in [3.63, 3.8) is 0 Å². The predicted molar refractivity (Wildman–Crippen MR) is 97.0 cm³/mol. The number of hydrogen-bond acceptors (Lipinski definition) is 5. The standard InChI is InChI=1S/C18H32N4O/c1-5-7-15(9-8-13(3)6-2)21-18(10-19)22-17-12-20-11-16(17)14(4)23/h10-11,13,15,21-22H,5-9,12,19H2,1-4H3/b18-10-. The first-order valence-corrected chi connectivity index (χ1v) is 8.71. The molecule has 0 aliphatic carbocycles. The van der Waals surface area contributed by atoms with Crippen molar-refractivity contribution < 1.29 is 4.79 Å². The molecule has 0 saturated carbocycles. The summed E-state index contributed by atoms with van der Waals surface area (Å²) in [6, 6.07) is 0.389. The number of carbonyl (C=O) groups is 1. The molecule has 1 aliphatic heterocycles. The van der Waals surface area contributed by atoms with E-state index in [0.29, 0.717) is 18.2 Å². The number of Topliss-reactive ketones (excluding diaryl/α,β-unsaturated/α-hetero) is 1. The number of carbonyl (C=O) groups excluding carboxylic acids is 1. The van der Waals surface area contributed by atoms with E-state index in [1.165, 1.54) is 19.0 Å². The maximum absolute atomic E-state index is 11.6. The van der Waals surface area contributed by atoms with Gasteiger partial charge in [-0.1, -0.05) is 33.6 Å². The second kappa shape index (κ2) is 10.1. The number of allylic oxidation sites excluding steroid dienone is 1. The largest absolute Gasteiger partial charge is 0.402 e. The monoisotopic (exact) mass is 320 g/mol. The van der Waals surface area contributed by atoms with E-state index in [4.69, 9.17) is 5.73 Å². The lowest BCUT2D eigenvalue weighted by atomic mass is 9.97. The molecule has 2 unspecified atom stereocenters. The molecule has 0 aromatic carbocycles. The van der Waals surface area contributed by atoms with Crippen molar-refractivity contribution in [1.29, 1.82) is 0 Å². The van der Waals surface area contributed by atoms with Crippen LogP contribution in [0, 0.1) is 5.92 Å². The maximum atomic E-state index is 11.6. The third-order valence-electron chi connectivity index (χ3n) is 4.33. The number of nitrogens with one attached hydrogen (secondary N) is 2. The Balaban J connectivity index is 2.65. The second-order valence-electron chi connectivity index (χ2n) is 6.34. The molecule has 0 aromatic rings. The van der Waals surface area contributed by atoms with Gasteiger partial charge in [-0.05, 0) is 32.1 Å². The smallest absolute Gasteiger partial charge is 0.163 e. The molecule has 4 N–H and O–H groups in total. The van der Waals surface area contributed by atoms with Crippen molar-refractivity contribution in [2.45, 2.75) is 65.8 Å². The van der Waals surface area contributed by atoms with Gasteiger partial charge in [0.1, 0.15) is 5.82 Å². The number of nitrogens with zero attached hydrogens (tertiary/aromatic N) is 1. The molecule has 1 rings (SSSR count). The Bertz CT molecular complexity index is 479. The highest BCUT2D eigenvalue weighted by molar-refractivity contribution is 6.14. The number of rotatable bonds is 11. The minimum atomic E-state index is 0.0204. The van der Waals surface area contributed by atoms with Crippen LogP contribution in [-0.4, -0.2) is 24.6 Å². The lowest BCUT2D eigenvalue weighted by molar-refractivity contribution is -0.113. The Morgan fingerprint density at radius 2 is 2.13 bits per heavy atom. The second-order valence-corrected chi connectivity index (χ2v) is 6.34. The number of ketones is 1. The maximum Gasteiger partial charge on any atom is 0.163 e. The summed E-state index contributed by atoms with van der Waals surface area (Å²) >= 11 is 0. The molecule has 5 nitrogen and oxygen atoms in total. The van der Waals surface area contributed by atoms with Crippen molar-refractivity contribution in [2.24, 2.45) is 16.6 Å². The summed E-state index contributed by atoms with van der Waals surface area (Å²) in [7, 11) is 0. The van der Waals surface area contributed by atoms with Gasteiger partial charge < -0.3 is 16.4 Å². The highest BCUT2D eigenvalue weighted by atomic mass is 16.1. The van der Waals surface area contributed by atoms with Crippen molar-refractivity contribution in [2.75, 3.05) is 6.54 Å². The normalized spacial score (nSPS) is 17.3. The lowest BCUT2D eigenvalue weighted by Gasteiger charge is -2.23. The summed E-state index contributed by atoms with van der Waals surface area (Å²) in [6.45, 7) is 8.77. The van der Waals surface area contributed by atoms with Gasteiger partial charge in [-0.15, -0.1) is 0 Å². The van der Waals surface area contributed by atoms with Gasteiger partial charge in [0.05, 0.1) is 17.8 Å². The number of nitrogens with two attached hydrogens (primary N) is 1. The summed E-state index contributed by atoms with van der Waals surface area (Å²) < 4.78 is 0. The number of aliphatic imine (C=N–C) groups is 1. The Labute approximate surface area is 140 Å². The third-order valence-corrected chi connectivity index (χ3v) is 4.33. The molecule has 0 bridgehead atoms. The van der Waals surface area contributed by atoms with Crippen LogP contribution in [-0.2, 0) is 4.79 Å². The fourth-order valence-electron chi connectivity index (χ4n) is 2.64. The van der Waals surface area contributed by atoms with Crippen LogP contribution in [0.3, 0.4) is 0 Å². The van der Waals surface area contributed by atoms with E-state index in [1.807, 2.05) is 0 Å². The van der Waals surface area contributed by atoms with Gasteiger partial charge in [-0.25, -0.2) is 0 Å². The van der Waals surface area contributed by atoms with Gasteiger partial charge in [0.2, 0.25) is 0 Å². The van der Waals surface area contributed by atoms with Crippen LogP contribution in [0.2, 0.25) is 0 Å². The third kappa shape index (κ3) is 6.47. The molecule has 0 amide bonds. The minimum Gasteiger partial charge on any atom is -0.402 e. The topological polar surface area (TPSA) is 79.5 Å². The predicted octanol–water partition coefficient (Wildman–Crippen LogP) is 2.85. The van der Waals surface area contributed by atoms with Crippen molar-refractivity contribution in [3.05, 3.63) is 23.3 Å². The van der Waals surface area contributed by atoms with Crippen LogP contribution in [0.1, 0.15) is 59.8 Å². The first kappa shape index (κ1) is 19.3. The van der Waals surface area contributed by atoms with Gasteiger partial charge >= 0.3 is 0 Å². The summed E-state index contributed by atoms with van der Waals surface area (Å²) in [5.41, 5.74) is 7.22. The van der Waals surface area contributed by atoms with Crippen LogP contribution < -0.4 is 16.4 Å². The van der Waals surface area contributed by atoms with Crippen LogP contribution in [0.5, 0.6) is 0 Å². The first-order chi connectivity index (χ1) is 11.0. The highest BCUT2D eigenvalue weighted by Gasteiger charge is 2.17. The Kier molecular flexibility index (Phi) is 8.45. The van der Waals surface area contributed by atoms with E-state index in [1.54, 1.807) is 13.1 Å². The van der Waals surface area contributed by atoms with Gasteiger partial charge in [0.25, 0.3) is 0 Å². The molecular weight excluding hydrogens is 288 g/mol. The van der Waals surface area contributed by atoms with Crippen molar-refractivity contribution in [3.8, 4) is 0 Å². The number of hydrogen-bond donors (Lipinski definition) is 3. The molecular formula is C18H32N4O. The van der Waals surface area contributed by atoms with E-state index in [-0.39, 0.29) is 5.78 Å². The molecule has 0 fully saturated rings. The van der Waals surface area contributed by atoms with E-state index >= 15 is 0 Å². The molecule has 1 aliphatic rings. The van der Waals surface area contributed by atoms with Gasteiger partial charge in [0.15, 0.2) is 5.78 Å². The van der Waals surface area contributed by atoms with E-state index in [2.05, 4.69) is 36.4 Å². The zero-order valence-electron chi connectivity index (χ0n) is 15.0. The van der Waals surface area contributed by atoms with Gasteiger partial charge in [-0.3, -0.25) is 9.79 Å². The van der Waals surface area contributed by atoms with Gasteiger partial charge in [-0.2, -0.15) is 0 Å². The summed E-state index contributed by atoms with van der Waals surface area (Å²) in [5.74, 6) is 1.52. The molecule has 2 atom stereocenters. The average Bonchev–Trinajstić information content (AvgIpc) is 2.99. The Morgan fingerprint density at radius 1 is 1.39 bits per heavy atom. The quantitative estimate of drug-likeness (QED) is 0.547. The summed E-state index contributed by atoms with van der Waals surface area (Å²) in [6.07, 6.45) is 8.93. The van der Waals surface area contributed by atoms with Gasteiger partial charge in [0, 0.05) is 18.5 Å². The molecule has 5 heteroatoms. The molecule has 0 saturated heterocycles. The lowest BCUT2D eigenvalue weighted by Crippen LogP contribution is -2.36. The van der Waals surface area contributed by atoms with Crippen LogP contribution in [0.25, 0.3) is 0 Å². The van der Waals surface area contributed by atoms with E-state index < -0.39 is 0 Å². The fraction of sp³-hybridized carbons (Fsp3) is 0.667. The SMILES string of the molecule is CCCC(CCC(C)CC)N/C(=C/N)NC1=C(C(C)=O)C=NC1. The Morgan fingerprint density at radius 3 is 2.70 bits per heavy atom. The zero-order chi connectivity index (χ0) is 17.2. The zero-order valence-corrected chi connectivity index (χ0v) is 15.0. The van der Waals surface area contributed by atoms with E-state index in [9.17, 15) is 4.79 Å². The summed E-state index contributed by atoms with van der Waals surface area (Å²) in [5, 5.41) is 6.74. The molecule has 130 valence electrons. The highest BCUT2D eigenvalue weighted by Crippen LogP contribution is 2.15. The van der Waals surface area contributed by atoms with Crippen molar-refractivity contribution in [1.82, 2.24) is 10.6 Å². The minimum absolute atomic E-state index is 0.0204. The van der Waals surface area contributed by atoms with E-state index in [0.717, 1.165) is 36.7 Å². The van der Waals surface area contributed by atoms with Crippen molar-refractivity contribution >= 4 is 12.0 Å². The average molecular weight is 320 g/mol. The molecule has 0 aromatic heterocycles. The van der Waals surface area contributed by atoms with Crippen LogP contribution >= 0.6 is 0 Å². The Hall–Kier alpha value is -1.78. The van der Waals surface area contributed by atoms with Crippen LogP contribution in [0.15, 0.2) is 28.3 Å². The fourth-order valence-corrected chi connectivity index (χ4v) is 2.64. The molecule has 1 heterocycles. The first-order valence-electron chi connectivity index (χ1n) is 8.71. The van der Waals surface area contributed by atoms with Crippen LogP contribution in [0.4, 0.5) is 0 Å². The summed E-state index contributed by atoms with van der Waals surface area (Å²) in [4.78, 5) is 15.8.